The summed E-state index contributed by atoms with van der Waals surface area (Å²) in [6.45, 7) is 0.148. The Morgan fingerprint density at radius 2 is 1.75 bits per heavy atom. The Labute approximate surface area is 151 Å². The highest BCUT2D eigenvalue weighted by Gasteiger charge is 2.10. The van der Waals surface area contributed by atoms with E-state index in [1.807, 2.05) is 29.6 Å². The van der Waals surface area contributed by atoms with Gasteiger partial charge in [-0.2, -0.15) is 4.99 Å². The molecule has 0 spiro atoms. The van der Waals surface area contributed by atoms with Crippen molar-refractivity contribution in [1.82, 2.24) is 4.57 Å². The molecule has 0 fully saturated rings. The molecule has 0 bridgehead atoms. The number of thiazole rings is 1. The lowest BCUT2D eigenvalue weighted by molar-refractivity contribution is 0.0963. The predicted octanol–water partition coefficient (Wildman–Crippen LogP) is 3.94. The first-order valence-electron chi connectivity index (χ1n) is 7.21. The van der Waals surface area contributed by atoms with Crippen LogP contribution in [0.5, 0.6) is 0 Å². The van der Waals surface area contributed by atoms with Crippen LogP contribution in [0.25, 0.3) is 0 Å². The number of Topliss-reactive ketones (excluding diaryl/α,β-unsaturated/α-hetero) is 1. The van der Waals surface area contributed by atoms with Gasteiger partial charge in [-0.1, -0.05) is 42.5 Å². The van der Waals surface area contributed by atoms with E-state index in [9.17, 15) is 9.59 Å². The summed E-state index contributed by atoms with van der Waals surface area (Å²) < 4.78 is 2.39. The highest BCUT2D eigenvalue weighted by atomic mass is 79.9. The number of carbonyl (C=O) groups excluding carboxylic acids is 2. The number of aromatic nitrogens is 1. The Bertz CT molecular complexity index is 945. The molecule has 1 heterocycles. The summed E-state index contributed by atoms with van der Waals surface area (Å²) in [5.41, 5.74) is 1.13. The first-order valence-corrected chi connectivity index (χ1v) is 8.88. The molecular weight excluding hydrogens is 388 g/mol. The van der Waals surface area contributed by atoms with Gasteiger partial charge in [-0.05, 0) is 28.1 Å². The summed E-state index contributed by atoms with van der Waals surface area (Å²) in [4.78, 5) is 29.3. The zero-order valence-electron chi connectivity index (χ0n) is 12.6. The van der Waals surface area contributed by atoms with Gasteiger partial charge in [0.15, 0.2) is 10.6 Å². The number of hydrogen-bond acceptors (Lipinski definition) is 3. The maximum absolute atomic E-state index is 12.4. The van der Waals surface area contributed by atoms with Crippen LogP contribution in [0.1, 0.15) is 20.7 Å². The van der Waals surface area contributed by atoms with Crippen LogP contribution in [0, 0.1) is 0 Å². The van der Waals surface area contributed by atoms with E-state index in [-0.39, 0.29) is 18.2 Å². The van der Waals surface area contributed by atoms with Gasteiger partial charge < -0.3 is 4.57 Å². The Morgan fingerprint density at radius 1 is 1.04 bits per heavy atom. The molecule has 0 radical (unpaired) electrons. The lowest BCUT2D eigenvalue weighted by Crippen LogP contribution is -2.21. The Balaban J connectivity index is 1.87. The highest BCUT2D eigenvalue weighted by Crippen LogP contribution is 2.16. The van der Waals surface area contributed by atoms with Crippen LogP contribution in [0.2, 0.25) is 0 Å². The lowest BCUT2D eigenvalue weighted by atomic mass is 10.1. The normalized spacial score (nSPS) is 11.5. The number of hydrogen-bond donors (Lipinski definition) is 0. The molecule has 0 saturated heterocycles. The monoisotopic (exact) mass is 400 g/mol. The molecule has 1 aromatic heterocycles. The third-order valence-electron chi connectivity index (χ3n) is 3.37. The second-order valence-electron chi connectivity index (χ2n) is 5.00. The number of benzene rings is 2. The van der Waals surface area contributed by atoms with Crippen molar-refractivity contribution >= 4 is 39.0 Å². The third-order valence-corrected chi connectivity index (χ3v) is 4.86. The minimum absolute atomic E-state index is 0.0243. The topological polar surface area (TPSA) is 51.4 Å². The van der Waals surface area contributed by atoms with E-state index in [1.165, 1.54) is 11.3 Å². The molecule has 0 aliphatic heterocycles. The average Bonchev–Trinajstić information content (AvgIpc) is 3.02. The molecule has 0 unspecified atom stereocenters. The Morgan fingerprint density at radius 3 is 2.50 bits per heavy atom. The molecule has 120 valence electrons. The van der Waals surface area contributed by atoms with Gasteiger partial charge in [0.2, 0.25) is 0 Å². The van der Waals surface area contributed by atoms with Crippen molar-refractivity contribution in [2.75, 3.05) is 0 Å². The van der Waals surface area contributed by atoms with Gasteiger partial charge in [0.05, 0.1) is 12.1 Å². The molecule has 0 atom stereocenters. The minimum Gasteiger partial charge on any atom is -0.316 e. The zero-order chi connectivity index (χ0) is 16.9. The predicted molar refractivity (Wildman–Crippen MR) is 97.1 cm³/mol. The SMILES string of the molecule is O=C(Cn1ccsc1=NC(=O)c1ccccc1Br)c1ccccc1. The first-order chi connectivity index (χ1) is 11.6. The van der Waals surface area contributed by atoms with Crippen LogP contribution >= 0.6 is 27.3 Å². The van der Waals surface area contributed by atoms with Crippen molar-refractivity contribution in [3.63, 3.8) is 0 Å². The van der Waals surface area contributed by atoms with E-state index in [0.717, 1.165) is 0 Å². The molecule has 0 saturated carbocycles. The van der Waals surface area contributed by atoms with E-state index in [2.05, 4.69) is 20.9 Å². The maximum atomic E-state index is 12.4. The van der Waals surface area contributed by atoms with Gasteiger partial charge in [0, 0.05) is 21.6 Å². The maximum Gasteiger partial charge on any atom is 0.280 e. The summed E-state index contributed by atoms with van der Waals surface area (Å²) in [6.07, 6.45) is 1.76. The van der Waals surface area contributed by atoms with Crippen LogP contribution < -0.4 is 4.80 Å². The van der Waals surface area contributed by atoms with Crippen LogP contribution in [0.15, 0.2) is 75.6 Å². The molecule has 24 heavy (non-hydrogen) atoms. The lowest BCUT2D eigenvalue weighted by Gasteiger charge is -2.03. The molecule has 0 aliphatic rings. The second-order valence-corrected chi connectivity index (χ2v) is 6.73. The van der Waals surface area contributed by atoms with Crippen LogP contribution in [-0.2, 0) is 6.54 Å². The van der Waals surface area contributed by atoms with Gasteiger partial charge in [-0.15, -0.1) is 11.3 Å². The molecule has 6 heteroatoms. The fourth-order valence-electron chi connectivity index (χ4n) is 2.16. The van der Waals surface area contributed by atoms with Crippen LogP contribution in [0.4, 0.5) is 0 Å². The molecule has 3 rings (SSSR count). The molecule has 2 aromatic carbocycles. The molecule has 1 amide bonds. The summed E-state index contributed by atoms with van der Waals surface area (Å²) >= 11 is 4.68. The largest absolute Gasteiger partial charge is 0.316 e. The van der Waals surface area contributed by atoms with E-state index >= 15 is 0 Å². The van der Waals surface area contributed by atoms with Crippen molar-refractivity contribution in [2.45, 2.75) is 6.54 Å². The van der Waals surface area contributed by atoms with Gasteiger partial charge in [-0.3, -0.25) is 9.59 Å². The zero-order valence-corrected chi connectivity index (χ0v) is 15.0. The third kappa shape index (κ3) is 3.77. The number of rotatable bonds is 4. The van der Waals surface area contributed by atoms with Crippen molar-refractivity contribution < 1.29 is 9.59 Å². The number of ketones is 1. The molecular formula is C18H13BrN2O2S. The standard InChI is InChI=1S/C18H13BrN2O2S/c19-15-9-5-4-8-14(15)17(23)20-18-21(10-11-24-18)12-16(22)13-6-2-1-3-7-13/h1-11H,12H2. The van der Waals surface area contributed by atoms with E-state index in [4.69, 9.17) is 0 Å². The van der Waals surface area contributed by atoms with Gasteiger partial charge in [-0.25, -0.2) is 0 Å². The van der Waals surface area contributed by atoms with Gasteiger partial charge >= 0.3 is 0 Å². The van der Waals surface area contributed by atoms with Gasteiger partial charge in [0.1, 0.15) is 0 Å². The fourth-order valence-corrected chi connectivity index (χ4v) is 3.34. The number of amides is 1. The summed E-state index contributed by atoms with van der Waals surface area (Å²) in [6, 6.07) is 16.2. The van der Waals surface area contributed by atoms with E-state index < -0.39 is 0 Å². The van der Waals surface area contributed by atoms with Crippen molar-refractivity contribution in [3.8, 4) is 0 Å². The van der Waals surface area contributed by atoms with Gasteiger partial charge in [0.25, 0.3) is 5.91 Å². The second kappa shape index (κ2) is 7.51. The summed E-state index contributed by atoms with van der Waals surface area (Å²) in [5.74, 6) is -0.366. The highest BCUT2D eigenvalue weighted by molar-refractivity contribution is 9.10. The van der Waals surface area contributed by atoms with Crippen molar-refractivity contribution in [2.24, 2.45) is 4.99 Å². The van der Waals surface area contributed by atoms with Crippen molar-refractivity contribution in [1.29, 1.82) is 0 Å². The molecule has 0 aliphatic carbocycles. The smallest absolute Gasteiger partial charge is 0.280 e. The Hall–Kier alpha value is -2.31. The average molecular weight is 401 g/mol. The molecule has 3 aromatic rings. The first kappa shape index (κ1) is 16.5. The number of carbonyl (C=O) groups is 2. The number of nitrogens with zero attached hydrogens (tertiary/aromatic N) is 2. The minimum atomic E-state index is -0.342. The van der Waals surface area contributed by atoms with E-state index in [1.54, 1.807) is 41.1 Å². The summed E-state index contributed by atoms with van der Waals surface area (Å²) in [7, 11) is 0. The Kier molecular flexibility index (Phi) is 5.17. The quantitative estimate of drug-likeness (QED) is 0.622. The van der Waals surface area contributed by atoms with Crippen LogP contribution in [-0.4, -0.2) is 16.3 Å². The number of halogens is 1. The summed E-state index contributed by atoms with van der Waals surface area (Å²) in [5, 5.41) is 1.81. The van der Waals surface area contributed by atoms with Crippen LogP contribution in [0.3, 0.4) is 0 Å². The van der Waals surface area contributed by atoms with E-state index in [0.29, 0.717) is 20.4 Å². The van der Waals surface area contributed by atoms with Crippen molar-refractivity contribution in [3.05, 3.63) is 86.6 Å². The molecule has 4 nitrogen and oxygen atoms in total. The fraction of sp³-hybridized carbons (Fsp3) is 0.0556. The molecule has 0 N–H and O–H groups in total.